The van der Waals surface area contributed by atoms with Crippen LogP contribution < -0.4 is 4.90 Å². The van der Waals surface area contributed by atoms with Gasteiger partial charge in [-0.3, -0.25) is 0 Å². The van der Waals surface area contributed by atoms with Crippen molar-refractivity contribution in [3.8, 4) is 0 Å². The molecule has 0 N–H and O–H groups in total. The molecule has 1 aromatic rings. The van der Waals surface area contributed by atoms with Crippen molar-refractivity contribution in [3.63, 3.8) is 0 Å². The van der Waals surface area contributed by atoms with E-state index < -0.39 is 0 Å². The first kappa shape index (κ1) is 28.9. The van der Waals surface area contributed by atoms with Crippen molar-refractivity contribution in [1.82, 2.24) is 9.97 Å². The molecule has 2 aliphatic rings. The topological polar surface area (TPSA) is 29.0 Å². The number of piperidine rings is 1. The number of aromatic nitrogens is 2. The van der Waals surface area contributed by atoms with Crippen LogP contribution in [-0.2, 0) is 12.8 Å². The summed E-state index contributed by atoms with van der Waals surface area (Å²) in [5, 5.41) is 0. The van der Waals surface area contributed by atoms with Gasteiger partial charge in [0.15, 0.2) is 0 Å². The summed E-state index contributed by atoms with van der Waals surface area (Å²) in [5.74, 6) is 2.23. The number of hydrogen-bond acceptors (Lipinski definition) is 3. The quantitative estimate of drug-likeness (QED) is 0.511. The van der Waals surface area contributed by atoms with Gasteiger partial charge in [0.2, 0.25) is 0 Å². The van der Waals surface area contributed by atoms with Gasteiger partial charge in [-0.2, -0.15) is 0 Å². The Morgan fingerprint density at radius 2 is 1.46 bits per heavy atom. The van der Waals surface area contributed by atoms with Crippen molar-refractivity contribution in [2.75, 3.05) is 18.0 Å². The van der Waals surface area contributed by atoms with E-state index in [0.29, 0.717) is 0 Å². The van der Waals surface area contributed by atoms with Gasteiger partial charge in [-0.1, -0.05) is 74.6 Å². The average Bonchev–Trinajstić information content (AvgIpc) is 3.21. The van der Waals surface area contributed by atoms with Crippen LogP contribution in [0.2, 0.25) is 13.6 Å². The van der Waals surface area contributed by atoms with Crippen molar-refractivity contribution >= 4 is 19.2 Å². The van der Waals surface area contributed by atoms with E-state index in [-0.39, 0.29) is 0 Å². The molecule has 1 saturated heterocycles. The Morgan fingerprint density at radius 1 is 0.929 bits per heavy atom. The molecular formula is C24H47BN3. The molecule has 0 amide bonds. The molecule has 1 fully saturated rings. The molecule has 1 aromatic heterocycles. The van der Waals surface area contributed by atoms with Gasteiger partial charge in [0, 0.05) is 25.1 Å². The van der Waals surface area contributed by atoms with Crippen LogP contribution in [0.3, 0.4) is 0 Å². The fourth-order valence-corrected chi connectivity index (χ4v) is 2.86. The van der Waals surface area contributed by atoms with E-state index >= 15 is 0 Å². The third kappa shape index (κ3) is 10.9. The summed E-state index contributed by atoms with van der Waals surface area (Å²) in [6, 6.07) is 0. The molecular weight excluding hydrogens is 341 g/mol. The SMILES string of the molecule is CC.CC.CCC.CCCc1nc2c(c(N3CCCCC3)n1)CC=C2.C[B]C. The van der Waals surface area contributed by atoms with Crippen molar-refractivity contribution in [2.24, 2.45) is 0 Å². The van der Waals surface area contributed by atoms with Gasteiger partial charge in [0.25, 0.3) is 0 Å². The summed E-state index contributed by atoms with van der Waals surface area (Å²) in [4.78, 5) is 12.0. The Balaban J connectivity index is 0. The normalized spacial score (nSPS) is 13.2. The Bertz CT molecular complexity index is 493. The lowest BCUT2D eigenvalue weighted by molar-refractivity contribution is 0.570. The zero-order chi connectivity index (χ0) is 21.8. The molecule has 1 radical (unpaired) electrons. The molecule has 0 spiro atoms. The monoisotopic (exact) mass is 388 g/mol. The van der Waals surface area contributed by atoms with Crippen LogP contribution in [0.15, 0.2) is 6.08 Å². The summed E-state index contributed by atoms with van der Waals surface area (Å²) in [7, 11) is 2.00. The zero-order valence-corrected chi connectivity index (χ0v) is 20.4. The number of nitrogens with zero attached hydrogens (tertiary/aromatic N) is 3. The lowest BCUT2D eigenvalue weighted by Gasteiger charge is -2.29. The molecule has 1 aliphatic carbocycles. The number of fused-ring (bicyclic) bond motifs is 1. The standard InChI is InChI=1S/C15H21N3.C3H8.C2H6B.2C2H6/c1-2-7-14-16-13-9-6-8-12(13)15(17-14)18-10-4-3-5-11-18;2*1-3-2;2*1-2/h6,9H,2-5,7-8,10-11H2,1H3;3H2,1-2H3;1-2H3;2*1-2H3. The number of anilines is 1. The van der Waals surface area contributed by atoms with Crippen LogP contribution in [0.1, 0.15) is 97.7 Å². The van der Waals surface area contributed by atoms with Crippen LogP contribution in [0.5, 0.6) is 0 Å². The van der Waals surface area contributed by atoms with Crippen molar-refractivity contribution in [1.29, 1.82) is 0 Å². The molecule has 3 rings (SSSR count). The minimum atomic E-state index is 0.988. The molecule has 0 unspecified atom stereocenters. The Kier molecular flexibility index (Phi) is 21.1. The van der Waals surface area contributed by atoms with E-state index in [2.05, 4.69) is 42.8 Å². The maximum atomic E-state index is 4.83. The molecule has 2 heterocycles. The van der Waals surface area contributed by atoms with E-state index in [1.54, 1.807) is 0 Å². The number of allylic oxidation sites excluding steroid dienone is 1. The predicted molar refractivity (Wildman–Crippen MR) is 131 cm³/mol. The van der Waals surface area contributed by atoms with E-state index in [9.17, 15) is 0 Å². The van der Waals surface area contributed by atoms with Crippen LogP contribution in [0.4, 0.5) is 5.82 Å². The molecule has 0 atom stereocenters. The van der Waals surface area contributed by atoms with Gasteiger partial charge in [0.1, 0.15) is 18.9 Å². The van der Waals surface area contributed by atoms with E-state index in [1.165, 1.54) is 37.1 Å². The summed E-state index contributed by atoms with van der Waals surface area (Å²) in [6.07, 6.45) is 12.7. The highest BCUT2D eigenvalue weighted by Crippen LogP contribution is 2.29. The molecule has 28 heavy (non-hydrogen) atoms. The van der Waals surface area contributed by atoms with Crippen LogP contribution in [-0.4, -0.2) is 30.3 Å². The predicted octanol–water partition coefficient (Wildman–Crippen LogP) is 7.24. The highest BCUT2D eigenvalue weighted by Gasteiger charge is 2.21. The first-order chi connectivity index (χ1) is 13.7. The number of rotatable bonds is 3. The minimum Gasteiger partial charge on any atom is -0.356 e. The van der Waals surface area contributed by atoms with Gasteiger partial charge < -0.3 is 4.90 Å². The lowest BCUT2D eigenvalue weighted by Crippen LogP contribution is -2.31. The van der Waals surface area contributed by atoms with Crippen LogP contribution >= 0.6 is 0 Å². The molecule has 0 aromatic carbocycles. The van der Waals surface area contributed by atoms with Gasteiger partial charge >= 0.3 is 0 Å². The minimum absolute atomic E-state index is 0.988. The van der Waals surface area contributed by atoms with Crippen LogP contribution in [0, 0.1) is 0 Å². The first-order valence-corrected chi connectivity index (χ1v) is 11.8. The van der Waals surface area contributed by atoms with Gasteiger partial charge in [0.05, 0.1) is 5.69 Å². The summed E-state index contributed by atoms with van der Waals surface area (Å²) >= 11 is 0. The molecule has 0 saturated carbocycles. The van der Waals surface area contributed by atoms with Crippen molar-refractivity contribution < 1.29 is 0 Å². The fourth-order valence-electron chi connectivity index (χ4n) is 2.86. The Hall–Kier alpha value is -1.32. The molecule has 161 valence electrons. The Labute approximate surface area is 177 Å². The second kappa shape index (κ2) is 20.4. The maximum absolute atomic E-state index is 4.83. The smallest absolute Gasteiger partial charge is 0.136 e. The van der Waals surface area contributed by atoms with Gasteiger partial charge in [-0.25, -0.2) is 9.97 Å². The molecule has 1 aliphatic heterocycles. The molecule has 3 nitrogen and oxygen atoms in total. The average molecular weight is 388 g/mol. The third-order valence-electron chi connectivity index (χ3n) is 3.79. The largest absolute Gasteiger partial charge is 0.356 e. The fraction of sp³-hybridized carbons (Fsp3) is 0.750. The summed E-state index contributed by atoms with van der Waals surface area (Å²) < 4.78 is 0. The van der Waals surface area contributed by atoms with E-state index in [1.807, 2.05) is 48.6 Å². The number of hydrogen-bond donors (Lipinski definition) is 0. The summed E-state index contributed by atoms with van der Waals surface area (Å²) in [5.41, 5.74) is 2.51. The second-order valence-electron chi connectivity index (χ2n) is 6.52. The number of aryl methyl sites for hydroxylation is 1. The van der Waals surface area contributed by atoms with Gasteiger partial charge in [-0.15, -0.1) is 0 Å². The second-order valence-corrected chi connectivity index (χ2v) is 6.52. The van der Waals surface area contributed by atoms with Gasteiger partial charge in [-0.05, 0) is 38.2 Å². The summed E-state index contributed by atoms with van der Waals surface area (Å²) in [6.45, 7) is 20.8. The van der Waals surface area contributed by atoms with Crippen molar-refractivity contribution in [2.45, 2.75) is 107 Å². The van der Waals surface area contributed by atoms with E-state index in [0.717, 1.165) is 43.9 Å². The maximum Gasteiger partial charge on any atom is 0.136 e. The third-order valence-corrected chi connectivity index (χ3v) is 3.79. The molecule has 0 bridgehead atoms. The highest BCUT2D eigenvalue weighted by molar-refractivity contribution is 6.31. The Morgan fingerprint density at radius 3 is 1.96 bits per heavy atom. The van der Waals surface area contributed by atoms with Crippen molar-refractivity contribution in [3.05, 3.63) is 23.2 Å². The van der Waals surface area contributed by atoms with E-state index in [4.69, 9.17) is 4.98 Å². The first-order valence-electron chi connectivity index (χ1n) is 11.8. The highest BCUT2D eigenvalue weighted by atomic mass is 15.2. The zero-order valence-electron chi connectivity index (χ0n) is 20.4. The molecule has 4 heteroatoms. The lowest BCUT2D eigenvalue weighted by atomic mass is 9.88. The van der Waals surface area contributed by atoms with Crippen LogP contribution in [0.25, 0.3) is 6.08 Å².